The van der Waals surface area contributed by atoms with Gasteiger partial charge in [-0.3, -0.25) is 4.79 Å². The van der Waals surface area contributed by atoms with Crippen LogP contribution in [0.25, 0.3) is 6.08 Å². The third kappa shape index (κ3) is 3.41. The van der Waals surface area contributed by atoms with Gasteiger partial charge in [0, 0.05) is 5.56 Å². The third-order valence-electron chi connectivity index (χ3n) is 4.67. The highest BCUT2D eigenvalue weighted by Crippen LogP contribution is 2.40. The fourth-order valence-corrected chi connectivity index (χ4v) is 3.12. The average Bonchev–Trinajstić information content (AvgIpc) is 3.40. The van der Waals surface area contributed by atoms with Crippen LogP contribution in [0.15, 0.2) is 58.9 Å². The van der Waals surface area contributed by atoms with Crippen molar-refractivity contribution in [1.29, 1.82) is 0 Å². The molecule has 2 aromatic carbocycles. The molecule has 0 aliphatic carbocycles. The Morgan fingerprint density at radius 3 is 2.47 bits per heavy atom. The summed E-state index contributed by atoms with van der Waals surface area (Å²) in [6.45, 7) is 1.72. The van der Waals surface area contributed by atoms with Gasteiger partial charge in [-0.05, 0) is 55.0 Å². The maximum atomic E-state index is 12.8. The number of esters is 1. The average molecular weight is 406 g/mol. The molecule has 152 valence electrons. The molecule has 0 unspecified atom stereocenters. The van der Waals surface area contributed by atoms with Gasteiger partial charge < -0.3 is 23.4 Å². The molecule has 0 saturated heterocycles. The molecule has 1 aliphatic heterocycles. The summed E-state index contributed by atoms with van der Waals surface area (Å²) in [5, 5.41) is 0. The van der Waals surface area contributed by atoms with Crippen molar-refractivity contribution in [1.82, 2.24) is 0 Å². The number of fused-ring (bicyclic) bond motifs is 1. The molecule has 30 heavy (non-hydrogen) atoms. The van der Waals surface area contributed by atoms with E-state index in [1.807, 2.05) is 0 Å². The zero-order chi connectivity index (χ0) is 21.3. The van der Waals surface area contributed by atoms with Crippen molar-refractivity contribution >= 4 is 17.8 Å². The predicted octanol–water partition coefficient (Wildman–Crippen LogP) is 4.44. The van der Waals surface area contributed by atoms with Crippen LogP contribution in [-0.4, -0.2) is 26.0 Å². The number of carbonyl (C=O) groups is 2. The fraction of sp³-hybridized carbons (Fsp3) is 0.130. The first-order chi connectivity index (χ1) is 14.5. The van der Waals surface area contributed by atoms with E-state index in [1.54, 1.807) is 56.5 Å². The zero-order valence-electron chi connectivity index (χ0n) is 16.6. The molecule has 1 aliphatic rings. The topological polar surface area (TPSA) is 84.2 Å². The van der Waals surface area contributed by atoms with E-state index in [1.165, 1.54) is 19.4 Å². The van der Waals surface area contributed by atoms with Crippen molar-refractivity contribution in [3.63, 3.8) is 0 Å². The van der Waals surface area contributed by atoms with Crippen LogP contribution in [-0.2, 0) is 0 Å². The zero-order valence-corrected chi connectivity index (χ0v) is 16.6. The summed E-state index contributed by atoms with van der Waals surface area (Å²) in [6.07, 6.45) is 3.01. The first-order valence-electron chi connectivity index (χ1n) is 9.07. The highest BCUT2D eigenvalue weighted by molar-refractivity contribution is 6.15. The molecule has 0 amide bonds. The van der Waals surface area contributed by atoms with Crippen LogP contribution in [0.2, 0.25) is 0 Å². The summed E-state index contributed by atoms with van der Waals surface area (Å²) >= 11 is 0. The number of hydrogen-bond acceptors (Lipinski definition) is 7. The highest BCUT2D eigenvalue weighted by Gasteiger charge is 2.30. The molecular formula is C23H18O7. The Balaban J connectivity index is 1.62. The highest BCUT2D eigenvalue weighted by atomic mass is 16.5. The van der Waals surface area contributed by atoms with E-state index in [4.69, 9.17) is 23.4 Å². The normalized spacial score (nSPS) is 13.7. The quantitative estimate of drug-likeness (QED) is 0.352. The van der Waals surface area contributed by atoms with Gasteiger partial charge >= 0.3 is 5.97 Å². The van der Waals surface area contributed by atoms with Crippen molar-refractivity contribution < 1.29 is 33.0 Å². The number of rotatable bonds is 5. The molecule has 7 heteroatoms. The van der Waals surface area contributed by atoms with Crippen molar-refractivity contribution in [3.05, 3.63) is 76.9 Å². The Bertz CT molecular complexity index is 1160. The molecule has 2 heterocycles. The number of methoxy groups -OCH3 is 2. The lowest BCUT2D eigenvalue weighted by Gasteiger charge is -2.09. The number of carbonyl (C=O) groups excluding carboxylic acids is 2. The maximum absolute atomic E-state index is 12.8. The summed E-state index contributed by atoms with van der Waals surface area (Å²) in [4.78, 5) is 24.9. The Morgan fingerprint density at radius 2 is 1.77 bits per heavy atom. The molecular weight excluding hydrogens is 388 g/mol. The van der Waals surface area contributed by atoms with Gasteiger partial charge in [0.25, 0.3) is 0 Å². The smallest absolute Gasteiger partial charge is 0.379 e. The van der Waals surface area contributed by atoms with Gasteiger partial charge in [0.05, 0.1) is 26.0 Å². The largest absolute Gasteiger partial charge is 0.493 e. The van der Waals surface area contributed by atoms with E-state index < -0.39 is 5.97 Å². The van der Waals surface area contributed by atoms with Crippen LogP contribution in [0.3, 0.4) is 0 Å². The SMILES string of the molecule is COc1ccc(/C=C2\Oc3c(ccc(OC(=O)c4ccco4)c3C)C2=O)cc1OC. The molecule has 7 nitrogen and oxygen atoms in total. The van der Waals surface area contributed by atoms with E-state index in [-0.39, 0.29) is 23.1 Å². The van der Waals surface area contributed by atoms with Crippen LogP contribution in [0, 0.1) is 6.92 Å². The predicted molar refractivity (Wildman–Crippen MR) is 107 cm³/mol. The second-order valence-corrected chi connectivity index (χ2v) is 6.49. The summed E-state index contributed by atoms with van der Waals surface area (Å²) < 4.78 is 26.8. The van der Waals surface area contributed by atoms with Gasteiger partial charge in [0.2, 0.25) is 11.5 Å². The van der Waals surface area contributed by atoms with E-state index >= 15 is 0 Å². The van der Waals surface area contributed by atoms with Crippen molar-refractivity contribution in [2.75, 3.05) is 14.2 Å². The second-order valence-electron chi connectivity index (χ2n) is 6.49. The van der Waals surface area contributed by atoms with E-state index in [2.05, 4.69) is 0 Å². The van der Waals surface area contributed by atoms with Crippen molar-refractivity contribution in [2.45, 2.75) is 6.92 Å². The lowest BCUT2D eigenvalue weighted by Crippen LogP contribution is -2.08. The maximum Gasteiger partial charge on any atom is 0.379 e. The summed E-state index contributed by atoms with van der Waals surface area (Å²) in [5.74, 6) is 1.13. The van der Waals surface area contributed by atoms with Crippen LogP contribution in [0.5, 0.6) is 23.0 Å². The number of allylic oxidation sites excluding steroid dienone is 1. The minimum absolute atomic E-state index is 0.0842. The fourth-order valence-electron chi connectivity index (χ4n) is 3.12. The van der Waals surface area contributed by atoms with E-state index in [0.717, 1.165) is 0 Å². The number of benzene rings is 2. The first kappa shape index (κ1) is 19.3. The Kier molecular flexibility index (Phi) is 5.02. The Hall–Kier alpha value is -4.00. The van der Waals surface area contributed by atoms with Gasteiger partial charge in [0.15, 0.2) is 17.3 Å². The molecule has 0 atom stereocenters. The number of ether oxygens (including phenoxy) is 4. The minimum atomic E-state index is -0.631. The van der Waals surface area contributed by atoms with Crippen LogP contribution < -0.4 is 18.9 Å². The summed E-state index contributed by atoms with van der Waals surface area (Å²) in [7, 11) is 3.09. The molecule has 0 fully saturated rings. The first-order valence-corrected chi connectivity index (χ1v) is 9.07. The van der Waals surface area contributed by atoms with Crippen LogP contribution in [0.1, 0.15) is 32.0 Å². The number of furan rings is 1. The molecule has 0 spiro atoms. The molecule has 0 bridgehead atoms. The summed E-state index contributed by atoms with van der Waals surface area (Å²) in [5.41, 5.74) is 1.65. The van der Waals surface area contributed by atoms with Gasteiger partial charge in [-0.1, -0.05) is 6.07 Å². The van der Waals surface area contributed by atoms with Crippen molar-refractivity contribution in [2.24, 2.45) is 0 Å². The third-order valence-corrected chi connectivity index (χ3v) is 4.67. The molecule has 0 saturated carbocycles. The Morgan fingerprint density at radius 1 is 1.00 bits per heavy atom. The number of Topliss-reactive ketones (excluding diaryl/α,β-unsaturated/α-hetero) is 1. The summed E-state index contributed by atoms with van der Waals surface area (Å²) in [6, 6.07) is 11.5. The number of ketones is 1. The van der Waals surface area contributed by atoms with Crippen LogP contribution >= 0.6 is 0 Å². The van der Waals surface area contributed by atoms with Gasteiger partial charge in [-0.25, -0.2) is 4.79 Å². The van der Waals surface area contributed by atoms with Gasteiger partial charge in [0.1, 0.15) is 11.5 Å². The molecule has 3 aromatic rings. The standard InChI is InChI=1S/C23H18O7/c1-13-16(30-23(25)18-5-4-10-28-18)9-7-15-21(24)20(29-22(13)15)12-14-6-8-17(26-2)19(11-14)27-3/h4-12H,1-3H3/b20-12-. The molecule has 1 aromatic heterocycles. The lowest BCUT2D eigenvalue weighted by molar-refractivity contribution is 0.0699. The van der Waals surface area contributed by atoms with Gasteiger partial charge in [-0.15, -0.1) is 0 Å². The second kappa shape index (κ2) is 7.79. The van der Waals surface area contributed by atoms with Gasteiger partial charge in [-0.2, -0.15) is 0 Å². The van der Waals surface area contributed by atoms with E-state index in [0.29, 0.717) is 33.9 Å². The minimum Gasteiger partial charge on any atom is -0.493 e. The van der Waals surface area contributed by atoms with Crippen molar-refractivity contribution in [3.8, 4) is 23.0 Å². The molecule has 0 N–H and O–H groups in total. The molecule has 4 rings (SSSR count). The monoisotopic (exact) mass is 406 g/mol. The van der Waals surface area contributed by atoms with Crippen LogP contribution in [0.4, 0.5) is 0 Å². The molecule has 0 radical (unpaired) electrons. The van der Waals surface area contributed by atoms with E-state index in [9.17, 15) is 9.59 Å². The lowest BCUT2D eigenvalue weighted by atomic mass is 10.1. The number of hydrogen-bond donors (Lipinski definition) is 0. The Labute approximate surface area is 172 Å².